The summed E-state index contributed by atoms with van der Waals surface area (Å²) >= 11 is 3.36. The van der Waals surface area contributed by atoms with E-state index in [0.29, 0.717) is 4.47 Å². The van der Waals surface area contributed by atoms with Gasteiger partial charge in [0.15, 0.2) is 0 Å². The van der Waals surface area contributed by atoms with Gasteiger partial charge in [0, 0.05) is 7.05 Å². The number of anilines is 1. The molecule has 0 spiro atoms. The van der Waals surface area contributed by atoms with Gasteiger partial charge < -0.3 is 5.32 Å². The monoisotopic (exact) mass is 333 g/mol. The minimum Gasteiger partial charge on any atom is -0.376 e. The van der Waals surface area contributed by atoms with E-state index in [4.69, 9.17) is 0 Å². The fourth-order valence-electron chi connectivity index (χ4n) is 2.70. The number of halogens is 1. The Morgan fingerprint density at radius 2 is 2.20 bits per heavy atom. The quantitative estimate of drug-likeness (QED) is 0.918. The van der Waals surface area contributed by atoms with Gasteiger partial charge in [0.25, 0.3) is 5.56 Å². The number of aryl methyl sites for hydroxylation is 2. The van der Waals surface area contributed by atoms with Crippen LogP contribution in [0.3, 0.4) is 0 Å². The van der Waals surface area contributed by atoms with Gasteiger partial charge in [-0.15, -0.1) is 0 Å². The predicted molar refractivity (Wildman–Crippen MR) is 82.9 cm³/mol. The van der Waals surface area contributed by atoms with E-state index in [-0.39, 0.29) is 11.6 Å². The molecule has 0 saturated heterocycles. The van der Waals surface area contributed by atoms with Crippen LogP contribution in [0.4, 0.5) is 5.69 Å². The van der Waals surface area contributed by atoms with E-state index in [1.54, 1.807) is 13.2 Å². The molecule has 1 heterocycles. The molecule has 0 aliphatic heterocycles. The highest BCUT2D eigenvalue weighted by molar-refractivity contribution is 9.10. The molecule has 1 aliphatic rings. The topological polar surface area (TPSA) is 46.9 Å². The first-order chi connectivity index (χ1) is 9.66. The molecule has 1 aliphatic carbocycles. The van der Waals surface area contributed by atoms with Crippen LogP contribution in [0.1, 0.15) is 30.0 Å². The lowest BCUT2D eigenvalue weighted by atomic mass is 9.87. The molecule has 1 unspecified atom stereocenters. The minimum atomic E-state index is -0.126. The second-order valence-corrected chi connectivity index (χ2v) is 5.88. The molecule has 2 aromatic rings. The highest BCUT2D eigenvalue weighted by Crippen LogP contribution is 2.33. The van der Waals surface area contributed by atoms with Gasteiger partial charge in [0.05, 0.1) is 17.9 Å². The van der Waals surface area contributed by atoms with Gasteiger partial charge in [0.1, 0.15) is 4.47 Å². The van der Waals surface area contributed by atoms with Crippen LogP contribution in [-0.4, -0.2) is 9.78 Å². The predicted octanol–water partition coefficient (Wildman–Crippen LogP) is 3.03. The number of hydrogen-bond acceptors (Lipinski definition) is 3. The van der Waals surface area contributed by atoms with E-state index >= 15 is 0 Å². The Morgan fingerprint density at radius 3 is 3.05 bits per heavy atom. The summed E-state index contributed by atoms with van der Waals surface area (Å²) in [4.78, 5) is 11.9. The first-order valence-electron chi connectivity index (χ1n) is 6.73. The van der Waals surface area contributed by atoms with E-state index in [2.05, 4.69) is 50.6 Å². The highest BCUT2D eigenvalue weighted by atomic mass is 79.9. The van der Waals surface area contributed by atoms with Crippen molar-refractivity contribution in [1.29, 1.82) is 0 Å². The number of hydrogen-bond donors (Lipinski definition) is 1. The van der Waals surface area contributed by atoms with Gasteiger partial charge >= 0.3 is 0 Å². The molecule has 5 heteroatoms. The minimum absolute atomic E-state index is 0.126. The maximum absolute atomic E-state index is 11.9. The fourth-order valence-corrected chi connectivity index (χ4v) is 3.18. The van der Waals surface area contributed by atoms with Crippen molar-refractivity contribution in [3.8, 4) is 0 Å². The van der Waals surface area contributed by atoms with E-state index in [1.807, 2.05) is 0 Å². The summed E-state index contributed by atoms with van der Waals surface area (Å²) in [6.45, 7) is 0. The van der Waals surface area contributed by atoms with Crippen molar-refractivity contribution in [2.24, 2.45) is 7.05 Å². The molecule has 0 radical (unpaired) electrons. The molecule has 1 aromatic carbocycles. The van der Waals surface area contributed by atoms with Crippen molar-refractivity contribution in [1.82, 2.24) is 9.78 Å². The van der Waals surface area contributed by atoms with Gasteiger partial charge in [-0.05, 0) is 46.3 Å². The van der Waals surface area contributed by atoms with Crippen LogP contribution >= 0.6 is 15.9 Å². The Kier molecular flexibility index (Phi) is 3.61. The SMILES string of the molecule is Cn1ncc(NC2CCCc3ccccc32)c(Br)c1=O. The summed E-state index contributed by atoms with van der Waals surface area (Å²) in [5.74, 6) is 0. The molecular weight excluding hydrogens is 318 g/mol. The van der Waals surface area contributed by atoms with Gasteiger partial charge in [-0.2, -0.15) is 5.10 Å². The third-order valence-electron chi connectivity index (χ3n) is 3.78. The van der Waals surface area contributed by atoms with Gasteiger partial charge in [0.2, 0.25) is 0 Å². The van der Waals surface area contributed by atoms with Crippen LogP contribution in [0.5, 0.6) is 0 Å². The lowest BCUT2D eigenvalue weighted by Crippen LogP contribution is -2.23. The third kappa shape index (κ3) is 2.38. The van der Waals surface area contributed by atoms with E-state index in [1.165, 1.54) is 15.8 Å². The van der Waals surface area contributed by atoms with Crippen molar-refractivity contribution < 1.29 is 0 Å². The first kappa shape index (κ1) is 13.4. The summed E-state index contributed by atoms with van der Waals surface area (Å²) < 4.78 is 1.86. The number of nitrogens with zero attached hydrogens (tertiary/aromatic N) is 2. The molecule has 0 bridgehead atoms. The Bertz CT molecular complexity index is 696. The zero-order chi connectivity index (χ0) is 14.1. The summed E-state index contributed by atoms with van der Waals surface area (Å²) in [6.07, 6.45) is 5.05. The maximum atomic E-state index is 11.9. The Hall–Kier alpha value is -1.62. The fraction of sp³-hybridized carbons (Fsp3) is 0.333. The second kappa shape index (κ2) is 5.40. The molecule has 104 valence electrons. The van der Waals surface area contributed by atoms with Crippen LogP contribution < -0.4 is 10.9 Å². The average molecular weight is 334 g/mol. The summed E-state index contributed by atoms with van der Waals surface area (Å²) in [6, 6.07) is 8.73. The Morgan fingerprint density at radius 1 is 1.40 bits per heavy atom. The second-order valence-electron chi connectivity index (χ2n) is 5.09. The van der Waals surface area contributed by atoms with Crippen LogP contribution in [-0.2, 0) is 13.5 Å². The van der Waals surface area contributed by atoms with Crippen molar-refractivity contribution in [2.75, 3.05) is 5.32 Å². The molecule has 1 N–H and O–H groups in total. The number of benzene rings is 1. The van der Waals surface area contributed by atoms with E-state index in [9.17, 15) is 4.79 Å². The number of fused-ring (bicyclic) bond motifs is 1. The zero-order valence-electron chi connectivity index (χ0n) is 11.3. The highest BCUT2D eigenvalue weighted by Gasteiger charge is 2.20. The van der Waals surface area contributed by atoms with Gasteiger partial charge in [-0.25, -0.2) is 4.68 Å². The molecule has 1 atom stereocenters. The average Bonchev–Trinajstić information content (AvgIpc) is 2.48. The van der Waals surface area contributed by atoms with Crippen molar-refractivity contribution in [3.63, 3.8) is 0 Å². The summed E-state index contributed by atoms with van der Waals surface area (Å²) in [5, 5.41) is 7.52. The molecule has 1 aromatic heterocycles. The van der Waals surface area contributed by atoms with Crippen molar-refractivity contribution in [3.05, 3.63) is 56.4 Å². The normalized spacial score (nSPS) is 17.6. The molecule has 20 heavy (non-hydrogen) atoms. The standard InChI is InChI=1S/C15H16BrN3O/c1-19-15(20)14(16)13(9-17-19)18-12-8-4-6-10-5-2-3-7-11(10)12/h2-3,5,7,9,12,18H,4,6,8H2,1H3. The summed E-state index contributed by atoms with van der Waals surface area (Å²) in [7, 11) is 1.65. The maximum Gasteiger partial charge on any atom is 0.282 e. The number of aromatic nitrogens is 2. The van der Waals surface area contributed by atoms with Crippen molar-refractivity contribution in [2.45, 2.75) is 25.3 Å². The van der Waals surface area contributed by atoms with Crippen LogP contribution in [0.2, 0.25) is 0 Å². The molecule has 3 rings (SSSR count). The Labute approximate surface area is 126 Å². The Balaban J connectivity index is 1.94. The van der Waals surface area contributed by atoms with E-state index < -0.39 is 0 Å². The summed E-state index contributed by atoms with van der Waals surface area (Å²) in [5.41, 5.74) is 3.35. The largest absolute Gasteiger partial charge is 0.376 e. The third-order valence-corrected chi connectivity index (χ3v) is 4.54. The number of rotatable bonds is 2. The van der Waals surface area contributed by atoms with Gasteiger partial charge in [-0.3, -0.25) is 4.79 Å². The zero-order valence-corrected chi connectivity index (χ0v) is 12.9. The van der Waals surface area contributed by atoms with Crippen LogP contribution in [0.15, 0.2) is 39.7 Å². The van der Waals surface area contributed by atoms with Gasteiger partial charge in [-0.1, -0.05) is 24.3 Å². The molecule has 0 amide bonds. The molecule has 4 nitrogen and oxygen atoms in total. The molecule has 0 saturated carbocycles. The lowest BCUT2D eigenvalue weighted by molar-refractivity contribution is 0.598. The molecular formula is C15H16BrN3O. The smallest absolute Gasteiger partial charge is 0.282 e. The van der Waals surface area contributed by atoms with Crippen molar-refractivity contribution >= 4 is 21.6 Å². The lowest BCUT2D eigenvalue weighted by Gasteiger charge is -2.27. The molecule has 0 fully saturated rings. The van der Waals surface area contributed by atoms with Crippen LogP contribution in [0.25, 0.3) is 0 Å². The van der Waals surface area contributed by atoms with Crippen LogP contribution in [0, 0.1) is 0 Å². The van der Waals surface area contributed by atoms with E-state index in [0.717, 1.165) is 24.9 Å². The first-order valence-corrected chi connectivity index (χ1v) is 7.52. The number of nitrogens with one attached hydrogen (secondary N) is 1.